The summed E-state index contributed by atoms with van der Waals surface area (Å²) in [5.41, 5.74) is 0. The highest BCUT2D eigenvalue weighted by molar-refractivity contribution is 9.09. The van der Waals surface area contributed by atoms with Crippen LogP contribution in [0.4, 0.5) is 8.78 Å². The molecule has 3 heteroatoms. The molecule has 0 saturated heterocycles. The fourth-order valence-electron chi connectivity index (χ4n) is 0.437. The molecule has 1 saturated carbocycles. The molecule has 1 fully saturated rings. The summed E-state index contributed by atoms with van der Waals surface area (Å²) in [5, 5.41) is 0.444. The lowest BCUT2D eigenvalue weighted by molar-refractivity contribution is 0.103. The molecular formula is C4H5BrF2. The lowest BCUT2D eigenvalue weighted by Gasteiger charge is -1.86. The first kappa shape index (κ1) is 5.48. The third-order valence-corrected chi connectivity index (χ3v) is 1.92. The first-order valence-corrected chi connectivity index (χ1v) is 3.23. The van der Waals surface area contributed by atoms with Crippen LogP contribution in [0.3, 0.4) is 0 Å². The molecule has 0 bridgehead atoms. The van der Waals surface area contributed by atoms with Gasteiger partial charge in [-0.1, -0.05) is 15.9 Å². The molecule has 0 aromatic rings. The van der Waals surface area contributed by atoms with E-state index in [1.807, 2.05) is 0 Å². The van der Waals surface area contributed by atoms with Crippen LogP contribution in [-0.4, -0.2) is 11.3 Å². The van der Waals surface area contributed by atoms with Crippen LogP contribution in [0.15, 0.2) is 0 Å². The van der Waals surface area contributed by atoms with E-state index < -0.39 is 5.92 Å². The minimum absolute atomic E-state index is 0.0816. The normalized spacial score (nSPS) is 35.6. The molecule has 0 heterocycles. The zero-order valence-corrected chi connectivity index (χ0v) is 5.21. The van der Waals surface area contributed by atoms with Crippen molar-refractivity contribution in [2.75, 3.05) is 5.33 Å². The fraction of sp³-hybridized carbons (Fsp3) is 1.00. The van der Waals surface area contributed by atoms with Gasteiger partial charge in [0.1, 0.15) is 0 Å². The summed E-state index contributed by atoms with van der Waals surface area (Å²) in [6.07, 6.45) is 0.0816. The average molecular weight is 171 g/mol. The van der Waals surface area contributed by atoms with Crippen molar-refractivity contribution in [2.45, 2.75) is 12.3 Å². The van der Waals surface area contributed by atoms with Crippen LogP contribution in [0.2, 0.25) is 0 Å². The van der Waals surface area contributed by atoms with Crippen LogP contribution in [0.25, 0.3) is 0 Å². The second-order valence-electron chi connectivity index (χ2n) is 1.82. The van der Waals surface area contributed by atoms with Gasteiger partial charge in [0, 0.05) is 17.7 Å². The summed E-state index contributed by atoms with van der Waals surface area (Å²) in [7, 11) is 0. The van der Waals surface area contributed by atoms with Gasteiger partial charge in [-0.15, -0.1) is 0 Å². The summed E-state index contributed by atoms with van der Waals surface area (Å²) in [6.45, 7) is 0. The Bertz CT molecular complexity index is 81.8. The van der Waals surface area contributed by atoms with Crippen LogP contribution in [0, 0.1) is 5.92 Å². The molecule has 0 nitrogen and oxygen atoms in total. The maximum atomic E-state index is 11.8. The molecule has 0 unspecified atom stereocenters. The Morgan fingerprint density at radius 3 is 2.14 bits per heavy atom. The molecule has 0 N–H and O–H groups in total. The fourth-order valence-corrected chi connectivity index (χ4v) is 1.14. The second kappa shape index (κ2) is 1.41. The lowest BCUT2D eigenvalue weighted by Crippen LogP contribution is -1.92. The maximum absolute atomic E-state index is 11.8. The van der Waals surface area contributed by atoms with E-state index in [-0.39, 0.29) is 12.3 Å². The molecule has 0 spiro atoms. The van der Waals surface area contributed by atoms with E-state index in [9.17, 15) is 8.78 Å². The summed E-state index contributed by atoms with van der Waals surface area (Å²) in [4.78, 5) is 0. The van der Waals surface area contributed by atoms with Crippen molar-refractivity contribution in [2.24, 2.45) is 5.92 Å². The van der Waals surface area contributed by atoms with Crippen molar-refractivity contribution in [3.05, 3.63) is 0 Å². The second-order valence-corrected chi connectivity index (χ2v) is 2.46. The van der Waals surface area contributed by atoms with Crippen LogP contribution in [-0.2, 0) is 0 Å². The predicted octanol–water partition coefficient (Wildman–Crippen LogP) is 2.04. The van der Waals surface area contributed by atoms with E-state index in [0.717, 1.165) is 0 Å². The van der Waals surface area contributed by atoms with Gasteiger partial charge >= 0.3 is 0 Å². The summed E-state index contributed by atoms with van der Waals surface area (Å²) < 4.78 is 23.5. The smallest absolute Gasteiger partial charge is 0.207 e. The zero-order valence-electron chi connectivity index (χ0n) is 3.63. The van der Waals surface area contributed by atoms with E-state index in [1.165, 1.54) is 0 Å². The molecule has 0 amide bonds. The van der Waals surface area contributed by atoms with Crippen LogP contribution in [0.5, 0.6) is 0 Å². The third-order valence-electron chi connectivity index (χ3n) is 1.14. The molecule has 1 rings (SSSR count). The standard InChI is InChI=1S/C4H5BrF2/c5-2-3-1-4(3,6)7/h3H,1-2H2/t3-/m0/s1. The minimum Gasteiger partial charge on any atom is -0.207 e. The van der Waals surface area contributed by atoms with Crippen molar-refractivity contribution in [3.8, 4) is 0 Å². The molecule has 1 aliphatic rings. The van der Waals surface area contributed by atoms with E-state index in [4.69, 9.17) is 0 Å². The number of rotatable bonds is 1. The van der Waals surface area contributed by atoms with Gasteiger partial charge in [0.25, 0.3) is 5.92 Å². The molecule has 0 radical (unpaired) electrons. The molecule has 7 heavy (non-hydrogen) atoms. The monoisotopic (exact) mass is 170 g/mol. The molecule has 1 atom stereocenters. The Kier molecular flexibility index (Phi) is 1.10. The van der Waals surface area contributed by atoms with E-state index in [1.54, 1.807) is 0 Å². The highest BCUT2D eigenvalue weighted by Crippen LogP contribution is 2.49. The average Bonchev–Trinajstić information content (AvgIpc) is 2.13. The predicted molar refractivity (Wildman–Crippen MR) is 26.8 cm³/mol. The number of alkyl halides is 3. The largest absolute Gasteiger partial charge is 0.252 e. The Morgan fingerprint density at radius 1 is 1.71 bits per heavy atom. The Balaban J connectivity index is 2.30. The van der Waals surface area contributed by atoms with Crippen molar-refractivity contribution < 1.29 is 8.78 Å². The van der Waals surface area contributed by atoms with Gasteiger partial charge in [0.2, 0.25) is 0 Å². The van der Waals surface area contributed by atoms with Crippen LogP contribution >= 0.6 is 15.9 Å². The first-order chi connectivity index (χ1) is 3.17. The molecule has 0 aromatic heterocycles. The zero-order chi connectivity index (χ0) is 5.49. The number of hydrogen-bond donors (Lipinski definition) is 0. The van der Waals surface area contributed by atoms with E-state index in [0.29, 0.717) is 5.33 Å². The van der Waals surface area contributed by atoms with Gasteiger partial charge in [-0.05, 0) is 0 Å². The third kappa shape index (κ3) is 0.929. The van der Waals surface area contributed by atoms with E-state index >= 15 is 0 Å². The van der Waals surface area contributed by atoms with Gasteiger partial charge in [-0.25, -0.2) is 8.78 Å². The van der Waals surface area contributed by atoms with Crippen molar-refractivity contribution in [1.82, 2.24) is 0 Å². The Morgan fingerprint density at radius 2 is 2.14 bits per heavy atom. The maximum Gasteiger partial charge on any atom is 0.252 e. The summed E-state index contributed by atoms with van der Waals surface area (Å²) in [6, 6.07) is 0. The number of hydrogen-bond acceptors (Lipinski definition) is 0. The van der Waals surface area contributed by atoms with Gasteiger partial charge in [-0.2, -0.15) is 0 Å². The van der Waals surface area contributed by atoms with Gasteiger partial charge in [0.05, 0.1) is 0 Å². The first-order valence-electron chi connectivity index (χ1n) is 2.10. The van der Waals surface area contributed by atoms with Gasteiger partial charge < -0.3 is 0 Å². The minimum atomic E-state index is -2.33. The molecular weight excluding hydrogens is 166 g/mol. The highest BCUT2D eigenvalue weighted by Gasteiger charge is 2.55. The Hall–Kier alpha value is 0.340. The molecule has 0 aromatic carbocycles. The lowest BCUT2D eigenvalue weighted by atomic mass is 10.5. The van der Waals surface area contributed by atoms with Gasteiger partial charge in [-0.3, -0.25) is 0 Å². The SMILES string of the molecule is FC1(F)C[C@H]1CBr. The summed E-state index contributed by atoms with van der Waals surface area (Å²) >= 11 is 2.97. The topological polar surface area (TPSA) is 0 Å². The van der Waals surface area contributed by atoms with Crippen molar-refractivity contribution >= 4 is 15.9 Å². The molecule has 1 aliphatic carbocycles. The number of halogens is 3. The van der Waals surface area contributed by atoms with E-state index in [2.05, 4.69) is 15.9 Å². The molecule has 0 aliphatic heterocycles. The quantitative estimate of drug-likeness (QED) is 0.529. The van der Waals surface area contributed by atoms with Gasteiger partial charge in [0.15, 0.2) is 0 Å². The Labute approximate surface area is 49.0 Å². The highest BCUT2D eigenvalue weighted by atomic mass is 79.9. The van der Waals surface area contributed by atoms with Crippen LogP contribution < -0.4 is 0 Å². The van der Waals surface area contributed by atoms with Crippen molar-refractivity contribution in [1.29, 1.82) is 0 Å². The molecule has 42 valence electrons. The van der Waals surface area contributed by atoms with Crippen LogP contribution in [0.1, 0.15) is 6.42 Å². The summed E-state index contributed by atoms with van der Waals surface area (Å²) in [5.74, 6) is -2.70. The van der Waals surface area contributed by atoms with Crippen molar-refractivity contribution in [3.63, 3.8) is 0 Å².